The van der Waals surface area contributed by atoms with Crippen molar-refractivity contribution in [2.75, 3.05) is 13.1 Å². The van der Waals surface area contributed by atoms with Crippen LogP contribution in [0.4, 0.5) is 0 Å². The Bertz CT molecular complexity index is 866. The molecule has 1 saturated heterocycles. The van der Waals surface area contributed by atoms with Crippen LogP contribution in [0.2, 0.25) is 0 Å². The van der Waals surface area contributed by atoms with Crippen LogP contribution in [0.25, 0.3) is 0 Å². The summed E-state index contributed by atoms with van der Waals surface area (Å²) in [5.74, 6) is 0.636. The van der Waals surface area contributed by atoms with Crippen molar-refractivity contribution in [1.82, 2.24) is 19.6 Å². The van der Waals surface area contributed by atoms with E-state index < -0.39 is 10.0 Å². The Balaban J connectivity index is 1.58. The fourth-order valence-corrected chi connectivity index (χ4v) is 4.27. The van der Waals surface area contributed by atoms with Gasteiger partial charge in [0, 0.05) is 31.1 Å². The third-order valence-corrected chi connectivity index (χ3v) is 6.06. The van der Waals surface area contributed by atoms with Gasteiger partial charge in [0.05, 0.1) is 6.20 Å². The van der Waals surface area contributed by atoms with E-state index in [1.807, 2.05) is 38.1 Å². The van der Waals surface area contributed by atoms with Gasteiger partial charge in [-0.3, -0.25) is 4.79 Å². The summed E-state index contributed by atoms with van der Waals surface area (Å²) >= 11 is 0. The number of benzene rings is 1. The number of amides is 1. The summed E-state index contributed by atoms with van der Waals surface area (Å²) in [6.45, 7) is 4.95. The quantitative estimate of drug-likeness (QED) is 0.833. The molecule has 1 aliphatic rings. The first-order valence-corrected chi connectivity index (χ1v) is 10.3. The number of likely N-dealkylation sites (tertiary alicyclic amines) is 1. The second-order valence-corrected chi connectivity index (χ2v) is 8.28. The molecule has 0 bridgehead atoms. The van der Waals surface area contributed by atoms with Crippen molar-refractivity contribution in [3.63, 3.8) is 0 Å². The molecule has 2 N–H and O–H groups in total. The maximum absolute atomic E-state index is 12.5. The lowest BCUT2D eigenvalue weighted by Crippen LogP contribution is -2.46. The molecule has 1 aromatic carbocycles. The molecule has 7 nitrogen and oxygen atoms in total. The van der Waals surface area contributed by atoms with Gasteiger partial charge in [-0.2, -0.15) is 0 Å². The molecule has 1 amide bonds. The number of aromatic nitrogens is 2. The molecule has 1 aromatic heterocycles. The molecule has 0 saturated carbocycles. The average Bonchev–Trinajstić information content (AvgIpc) is 3.12. The number of H-pyrrole nitrogens is 1. The number of nitrogens with one attached hydrogen (secondary N) is 2. The predicted molar refractivity (Wildman–Crippen MR) is 98.4 cm³/mol. The van der Waals surface area contributed by atoms with Gasteiger partial charge in [-0.1, -0.05) is 24.6 Å². The molecule has 0 spiro atoms. The highest BCUT2D eigenvalue weighted by Crippen LogP contribution is 2.17. The van der Waals surface area contributed by atoms with Crippen molar-refractivity contribution in [3.05, 3.63) is 47.4 Å². The van der Waals surface area contributed by atoms with E-state index in [2.05, 4.69) is 14.7 Å². The minimum Gasteiger partial charge on any atom is -0.339 e. The predicted octanol–water partition coefficient (Wildman–Crippen LogP) is 1.86. The van der Waals surface area contributed by atoms with Crippen LogP contribution in [0.5, 0.6) is 0 Å². The maximum Gasteiger partial charge on any atom is 0.257 e. The molecule has 0 atom stereocenters. The second-order valence-electron chi connectivity index (χ2n) is 6.60. The average molecular weight is 376 g/mol. The number of nitrogens with zero attached hydrogens (tertiary/aromatic N) is 2. The second kappa shape index (κ2) is 7.59. The van der Waals surface area contributed by atoms with Crippen LogP contribution in [0.15, 0.2) is 35.5 Å². The fourth-order valence-electron chi connectivity index (χ4n) is 3.02. The number of hydrogen-bond donors (Lipinski definition) is 2. The van der Waals surface area contributed by atoms with Gasteiger partial charge in [0.1, 0.15) is 5.82 Å². The Hall–Kier alpha value is -2.19. The van der Waals surface area contributed by atoms with Gasteiger partial charge in [-0.25, -0.2) is 18.1 Å². The zero-order valence-electron chi connectivity index (χ0n) is 15.0. The van der Waals surface area contributed by atoms with Gasteiger partial charge >= 0.3 is 0 Å². The summed E-state index contributed by atoms with van der Waals surface area (Å²) in [7, 11) is -3.62. The minimum absolute atomic E-state index is 0.00698. The molecule has 8 heteroatoms. The summed E-state index contributed by atoms with van der Waals surface area (Å²) in [6, 6.07) is 7.31. The van der Waals surface area contributed by atoms with Crippen molar-refractivity contribution in [1.29, 1.82) is 0 Å². The van der Waals surface area contributed by atoms with Crippen molar-refractivity contribution in [2.45, 2.75) is 44.2 Å². The van der Waals surface area contributed by atoms with Crippen LogP contribution in [0.1, 0.15) is 41.5 Å². The van der Waals surface area contributed by atoms with Crippen LogP contribution >= 0.6 is 0 Å². The normalized spacial score (nSPS) is 16.0. The van der Waals surface area contributed by atoms with Crippen LogP contribution < -0.4 is 4.72 Å². The smallest absolute Gasteiger partial charge is 0.257 e. The number of hydrogen-bond acceptors (Lipinski definition) is 4. The van der Waals surface area contributed by atoms with Crippen LogP contribution in [-0.2, 0) is 16.4 Å². The molecule has 0 aliphatic carbocycles. The molecule has 2 aromatic rings. The lowest BCUT2D eigenvalue weighted by molar-refractivity contribution is 0.0711. The molecule has 0 unspecified atom stereocenters. The molecular weight excluding hydrogens is 352 g/mol. The molecule has 1 aliphatic heterocycles. The van der Waals surface area contributed by atoms with Gasteiger partial charge in [0.15, 0.2) is 5.03 Å². The summed E-state index contributed by atoms with van der Waals surface area (Å²) in [6.07, 6.45) is 3.17. The Labute approximate surface area is 153 Å². The molecule has 1 fully saturated rings. The van der Waals surface area contributed by atoms with E-state index >= 15 is 0 Å². The first-order chi connectivity index (χ1) is 12.4. The SMILES string of the molecule is CCc1ncc(S(=O)(=O)NC2CCN(C(=O)c3ccc(C)cc3)CC2)[nH]1. The Morgan fingerprint density at radius 2 is 1.92 bits per heavy atom. The van der Waals surface area contributed by atoms with Gasteiger partial charge in [-0.15, -0.1) is 0 Å². The van der Waals surface area contributed by atoms with Crippen molar-refractivity contribution in [3.8, 4) is 0 Å². The van der Waals surface area contributed by atoms with Crippen molar-refractivity contribution < 1.29 is 13.2 Å². The third kappa shape index (κ3) is 4.13. The van der Waals surface area contributed by atoms with Gasteiger partial charge in [-0.05, 0) is 31.9 Å². The molecule has 0 radical (unpaired) electrons. The monoisotopic (exact) mass is 376 g/mol. The Morgan fingerprint density at radius 3 is 2.50 bits per heavy atom. The molecule has 140 valence electrons. The van der Waals surface area contributed by atoms with Crippen molar-refractivity contribution in [2.24, 2.45) is 0 Å². The number of rotatable bonds is 5. The largest absolute Gasteiger partial charge is 0.339 e. The highest BCUT2D eigenvalue weighted by atomic mass is 32.2. The summed E-state index contributed by atoms with van der Waals surface area (Å²) < 4.78 is 27.6. The van der Waals surface area contributed by atoms with Gasteiger partial charge < -0.3 is 9.88 Å². The maximum atomic E-state index is 12.5. The lowest BCUT2D eigenvalue weighted by Gasteiger charge is -2.32. The highest BCUT2D eigenvalue weighted by Gasteiger charge is 2.28. The number of piperidine rings is 1. The number of aryl methyl sites for hydroxylation is 2. The Kier molecular flexibility index (Phi) is 5.43. The van der Waals surface area contributed by atoms with E-state index in [0.717, 1.165) is 5.56 Å². The van der Waals surface area contributed by atoms with Gasteiger partial charge in [0.25, 0.3) is 15.9 Å². The zero-order chi connectivity index (χ0) is 18.7. The van der Waals surface area contributed by atoms with Crippen LogP contribution in [0.3, 0.4) is 0 Å². The standard InChI is InChI=1S/C18H24N4O3S/c1-3-16-19-12-17(20-16)26(24,25)21-15-8-10-22(11-9-15)18(23)14-6-4-13(2)5-7-14/h4-7,12,15,21H,3,8-11H2,1-2H3,(H,19,20). The first kappa shape index (κ1) is 18.6. The highest BCUT2D eigenvalue weighted by molar-refractivity contribution is 7.89. The zero-order valence-corrected chi connectivity index (χ0v) is 15.8. The Morgan fingerprint density at radius 1 is 1.27 bits per heavy atom. The van der Waals surface area contributed by atoms with E-state index in [9.17, 15) is 13.2 Å². The van der Waals surface area contributed by atoms with E-state index in [-0.39, 0.29) is 17.0 Å². The third-order valence-electron chi connectivity index (χ3n) is 4.63. The number of carbonyl (C=O) groups is 1. The molecular formula is C18H24N4O3S. The number of imidazole rings is 1. The van der Waals surface area contributed by atoms with E-state index in [0.29, 0.717) is 43.7 Å². The molecule has 3 rings (SSSR count). The van der Waals surface area contributed by atoms with Crippen LogP contribution in [0, 0.1) is 6.92 Å². The minimum atomic E-state index is -3.62. The first-order valence-electron chi connectivity index (χ1n) is 8.81. The molecule has 2 heterocycles. The van der Waals surface area contributed by atoms with Crippen molar-refractivity contribution >= 4 is 15.9 Å². The number of carbonyl (C=O) groups excluding carboxylic acids is 1. The van der Waals surface area contributed by atoms with E-state index in [4.69, 9.17) is 0 Å². The molecule has 26 heavy (non-hydrogen) atoms. The number of aromatic amines is 1. The summed E-state index contributed by atoms with van der Waals surface area (Å²) in [4.78, 5) is 21.2. The fraction of sp³-hybridized carbons (Fsp3) is 0.444. The van der Waals surface area contributed by atoms with E-state index in [1.54, 1.807) is 4.90 Å². The summed E-state index contributed by atoms with van der Waals surface area (Å²) in [5, 5.41) is 0.0903. The summed E-state index contributed by atoms with van der Waals surface area (Å²) in [5.41, 5.74) is 1.78. The number of sulfonamides is 1. The van der Waals surface area contributed by atoms with Gasteiger partial charge in [0.2, 0.25) is 0 Å². The lowest BCUT2D eigenvalue weighted by atomic mass is 10.0. The van der Waals surface area contributed by atoms with Crippen LogP contribution in [-0.4, -0.2) is 48.3 Å². The van der Waals surface area contributed by atoms with E-state index in [1.165, 1.54) is 6.20 Å². The topological polar surface area (TPSA) is 95.2 Å².